The molecule has 1 saturated carbocycles. The number of nitrogens with one attached hydrogen (secondary N) is 1. The third kappa shape index (κ3) is 3.32. The molecule has 2 unspecified atom stereocenters. The lowest BCUT2D eigenvalue weighted by molar-refractivity contribution is 0.757. The number of nitrogens with two attached hydrogens (primary N) is 1. The highest BCUT2D eigenvalue weighted by Crippen LogP contribution is 2.31. The predicted molar refractivity (Wildman–Crippen MR) is 78.8 cm³/mol. The molecular weight excluding hydrogens is 228 g/mol. The Balaban J connectivity index is 1.91. The largest absolute Gasteiger partial charge is 0.399 e. The van der Waals surface area contributed by atoms with Gasteiger partial charge in [0, 0.05) is 22.7 Å². The van der Waals surface area contributed by atoms with Crippen molar-refractivity contribution in [1.82, 2.24) is 0 Å². The molecule has 1 aromatic carbocycles. The fourth-order valence-electron chi connectivity index (χ4n) is 2.46. The number of hydrogen-bond donors (Lipinski definition) is 2. The molecule has 0 amide bonds. The Morgan fingerprint density at radius 1 is 1.41 bits per heavy atom. The molecule has 1 aliphatic rings. The van der Waals surface area contributed by atoms with E-state index in [1.165, 1.54) is 30.7 Å². The maximum Gasteiger partial charge on any atom is 0.0346 e. The van der Waals surface area contributed by atoms with Crippen LogP contribution in [-0.4, -0.2) is 17.0 Å². The Morgan fingerprint density at radius 3 is 2.94 bits per heavy atom. The van der Waals surface area contributed by atoms with Crippen molar-refractivity contribution in [3.63, 3.8) is 0 Å². The molecule has 17 heavy (non-hydrogen) atoms. The zero-order valence-electron chi connectivity index (χ0n) is 10.7. The van der Waals surface area contributed by atoms with Crippen molar-refractivity contribution < 1.29 is 0 Å². The van der Waals surface area contributed by atoms with Gasteiger partial charge in [-0.15, -0.1) is 0 Å². The van der Waals surface area contributed by atoms with Crippen molar-refractivity contribution in [2.24, 2.45) is 0 Å². The average Bonchev–Trinajstić information content (AvgIpc) is 2.72. The molecule has 2 atom stereocenters. The van der Waals surface area contributed by atoms with Crippen LogP contribution in [0.15, 0.2) is 18.2 Å². The van der Waals surface area contributed by atoms with E-state index in [0.717, 1.165) is 16.5 Å². The predicted octanol–water partition coefficient (Wildman–Crippen LogP) is 3.66. The summed E-state index contributed by atoms with van der Waals surface area (Å²) in [5, 5.41) is 4.48. The maximum absolute atomic E-state index is 5.83. The number of benzene rings is 1. The summed E-state index contributed by atoms with van der Waals surface area (Å²) in [7, 11) is 0. The van der Waals surface area contributed by atoms with Crippen LogP contribution in [0.5, 0.6) is 0 Å². The highest BCUT2D eigenvalue weighted by Gasteiger charge is 2.24. The van der Waals surface area contributed by atoms with Gasteiger partial charge in [-0.25, -0.2) is 0 Å². The van der Waals surface area contributed by atoms with Gasteiger partial charge in [0.15, 0.2) is 0 Å². The van der Waals surface area contributed by atoms with E-state index in [-0.39, 0.29) is 0 Å². The molecule has 2 nitrogen and oxygen atoms in total. The lowest BCUT2D eigenvalue weighted by atomic mass is 10.1. The Kier molecular flexibility index (Phi) is 4.21. The summed E-state index contributed by atoms with van der Waals surface area (Å²) in [6.07, 6.45) is 3.94. The molecule has 0 bridgehead atoms. The molecule has 0 aromatic heterocycles. The third-order valence-electron chi connectivity index (χ3n) is 3.43. The minimum Gasteiger partial charge on any atom is -0.399 e. The normalized spacial score (nSPS) is 23.9. The number of anilines is 2. The zero-order valence-corrected chi connectivity index (χ0v) is 11.5. The number of hydrogen-bond acceptors (Lipinski definition) is 3. The second-order valence-electron chi connectivity index (χ2n) is 4.80. The van der Waals surface area contributed by atoms with Gasteiger partial charge < -0.3 is 11.1 Å². The van der Waals surface area contributed by atoms with E-state index in [9.17, 15) is 0 Å². The van der Waals surface area contributed by atoms with E-state index in [2.05, 4.69) is 43.1 Å². The van der Waals surface area contributed by atoms with Gasteiger partial charge in [0.25, 0.3) is 0 Å². The van der Waals surface area contributed by atoms with Gasteiger partial charge in [0.05, 0.1) is 0 Å². The minimum absolute atomic E-state index is 0.641. The molecule has 1 aromatic rings. The van der Waals surface area contributed by atoms with Gasteiger partial charge in [0.1, 0.15) is 0 Å². The second kappa shape index (κ2) is 5.67. The smallest absolute Gasteiger partial charge is 0.0346 e. The summed E-state index contributed by atoms with van der Waals surface area (Å²) in [5.41, 5.74) is 9.08. The first-order valence-electron chi connectivity index (χ1n) is 6.43. The van der Waals surface area contributed by atoms with Gasteiger partial charge in [-0.05, 0) is 55.7 Å². The van der Waals surface area contributed by atoms with Crippen molar-refractivity contribution in [2.75, 3.05) is 16.8 Å². The Bertz CT molecular complexity index is 378. The summed E-state index contributed by atoms with van der Waals surface area (Å²) in [4.78, 5) is 0. The molecule has 2 rings (SSSR count). The van der Waals surface area contributed by atoms with Crippen LogP contribution in [0, 0.1) is 6.92 Å². The van der Waals surface area contributed by atoms with Crippen molar-refractivity contribution in [2.45, 2.75) is 44.4 Å². The van der Waals surface area contributed by atoms with Gasteiger partial charge in [0.2, 0.25) is 0 Å². The van der Waals surface area contributed by atoms with Crippen molar-refractivity contribution in [3.05, 3.63) is 23.8 Å². The van der Waals surface area contributed by atoms with Gasteiger partial charge in [-0.3, -0.25) is 0 Å². The Hall–Kier alpha value is -0.830. The molecular formula is C14H22N2S. The molecule has 3 N–H and O–H groups in total. The fraction of sp³-hybridized carbons (Fsp3) is 0.571. The fourth-order valence-corrected chi connectivity index (χ4v) is 3.60. The van der Waals surface area contributed by atoms with Crippen LogP contribution in [-0.2, 0) is 0 Å². The lowest BCUT2D eigenvalue weighted by Gasteiger charge is -2.15. The van der Waals surface area contributed by atoms with E-state index in [4.69, 9.17) is 5.73 Å². The first kappa shape index (κ1) is 12.6. The Labute approximate surface area is 108 Å². The van der Waals surface area contributed by atoms with Crippen molar-refractivity contribution in [3.8, 4) is 0 Å². The van der Waals surface area contributed by atoms with Crippen LogP contribution < -0.4 is 11.1 Å². The lowest BCUT2D eigenvalue weighted by Crippen LogP contribution is -2.16. The van der Waals surface area contributed by atoms with Crippen LogP contribution in [0.3, 0.4) is 0 Å². The van der Waals surface area contributed by atoms with Crippen molar-refractivity contribution >= 4 is 23.1 Å². The number of thioether (sulfide) groups is 1. The topological polar surface area (TPSA) is 38.0 Å². The van der Waals surface area contributed by atoms with Gasteiger partial charge in [-0.1, -0.05) is 6.92 Å². The second-order valence-corrected chi connectivity index (χ2v) is 6.38. The van der Waals surface area contributed by atoms with Crippen LogP contribution in [0.1, 0.15) is 31.7 Å². The number of aryl methyl sites for hydroxylation is 1. The third-order valence-corrected chi connectivity index (χ3v) is 4.66. The first-order valence-corrected chi connectivity index (χ1v) is 7.48. The summed E-state index contributed by atoms with van der Waals surface area (Å²) < 4.78 is 0. The van der Waals surface area contributed by atoms with E-state index in [1.807, 2.05) is 6.07 Å². The van der Waals surface area contributed by atoms with Gasteiger partial charge in [-0.2, -0.15) is 11.8 Å². The van der Waals surface area contributed by atoms with E-state index in [1.54, 1.807) is 0 Å². The Morgan fingerprint density at radius 2 is 2.24 bits per heavy atom. The molecule has 1 aliphatic carbocycles. The molecule has 0 heterocycles. The summed E-state index contributed by atoms with van der Waals surface area (Å²) in [5.74, 6) is 1.23. The number of rotatable bonds is 4. The van der Waals surface area contributed by atoms with E-state index in [0.29, 0.717) is 6.04 Å². The highest BCUT2D eigenvalue weighted by molar-refractivity contribution is 7.99. The summed E-state index contributed by atoms with van der Waals surface area (Å²) in [6.45, 7) is 4.31. The molecule has 0 saturated heterocycles. The summed E-state index contributed by atoms with van der Waals surface area (Å²) in [6, 6.07) is 6.87. The monoisotopic (exact) mass is 250 g/mol. The molecule has 0 radical (unpaired) electrons. The zero-order chi connectivity index (χ0) is 12.3. The molecule has 94 valence electrons. The van der Waals surface area contributed by atoms with Crippen LogP contribution >= 0.6 is 11.8 Å². The van der Waals surface area contributed by atoms with Crippen LogP contribution in [0.4, 0.5) is 11.4 Å². The van der Waals surface area contributed by atoms with Gasteiger partial charge >= 0.3 is 0 Å². The quantitative estimate of drug-likeness (QED) is 0.801. The van der Waals surface area contributed by atoms with Crippen LogP contribution in [0.2, 0.25) is 0 Å². The molecule has 0 spiro atoms. The average molecular weight is 250 g/mol. The van der Waals surface area contributed by atoms with E-state index >= 15 is 0 Å². The minimum atomic E-state index is 0.641. The van der Waals surface area contributed by atoms with Crippen LogP contribution in [0.25, 0.3) is 0 Å². The SMILES string of the molecule is CCSC1CCC(Nc2ccc(N)c(C)c2)C1. The first-order chi connectivity index (χ1) is 8.19. The summed E-state index contributed by atoms with van der Waals surface area (Å²) >= 11 is 2.10. The maximum atomic E-state index is 5.83. The standard InChI is InChI=1S/C14H22N2S/c1-3-17-13-6-4-12(9-13)16-11-5-7-14(15)10(2)8-11/h5,7-8,12-13,16H,3-4,6,9,15H2,1-2H3. The molecule has 0 aliphatic heterocycles. The van der Waals surface area contributed by atoms with E-state index < -0.39 is 0 Å². The molecule has 3 heteroatoms. The van der Waals surface area contributed by atoms with Crippen molar-refractivity contribution in [1.29, 1.82) is 0 Å². The number of nitrogen functional groups attached to an aromatic ring is 1. The highest BCUT2D eigenvalue weighted by atomic mass is 32.2. The molecule has 1 fully saturated rings.